The standard InChI is InChI=1S/C17H18N4O4/c1-24-12-3-4-13(15(7-12)25-2)20-16(22)11-9-21(10-11)17(23)14-8-18-5-6-19-14/h3-8,11H,9-10H2,1-2H3,(H,20,22). The van der Waals surface area contributed by atoms with Gasteiger partial charge in [-0.05, 0) is 12.1 Å². The van der Waals surface area contributed by atoms with Crippen LogP contribution >= 0.6 is 0 Å². The van der Waals surface area contributed by atoms with Crippen molar-refractivity contribution in [3.63, 3.8) is 0 Å². The van der Waals surface area contributed by atoms with E-state index in [0.717, 1.165) is 0 Å². The maximum absolute atomic E-state index is 12.4. The number of aromatic nitrogens is 2. The zero-order valence-corrected chi connectivity index (χ0v) is 13.9. The van der Waals surface area contributed by atoms with Crippen molar-refractivity contribution in [1.29, 1.82) is 0 Å². The number of hydrogen-bond acceptors (Lipinski definition) is 6. The van der Waals surface area contributed by atoms with Crippen LogP contribution in [0.15, 0.2) is 36.8 Å². The van der Waals surface area contributed by atoms with Gasteiger partial charge in [-0.25, -0.2) is 4.98 Å². The number of carbonyl (C=O) groups is 2. The lowest BCUT2D eigenvalue weighted by Gasteiger charge is -2.37. The summed E-state index contributed by atoms with van der Waals surface area (Å²) in [6, 6.07) is 5.15. The number of benzene rings is 1. The van der Waals surface area contributed by atoms with Gasteiger partial charge in [-0.1, -0.05) is 0 Å². The van der Waals surface area contributed by atoms with E-state index < -0.39 is 0 Å². The fraction of sp³-hybridized carbons (Fsp3) is 0.294. The average Bonchev–Trinajstić information content (AvgIpc) is 2.61. The summed E-state index contributed by atoms with van der Waals surface area (Å²) < 4.78 is 10.4. The Labute approximate surface area is 144 Å². The molecular formula is C17H18N4O4. The lowest BCUT2D eigenvalue weighted by atomic mass is 9.98. The first-order chi connectivity index (χ1) is 12.1. The first-order valence-corrected chi connectivity index (χ1v) is 7.70. The van der Waals surface area contributed by atoms with Gasteiger partial charge in [0.05, 0.1) is 32.0 Å². The molecule has 1 aromatic carbocycles. The molecule has 0 spiro atoms. The molecular weight excluding hydrogens is 324 g/mol. The molecule has 1 aliphatic heterocycles. The van der Waals surface area contributed by atoms with Crippen molar-refractivity contribution in [2.24, 2.45) is 5.92 Å². The minimum atomic E-state index is -0.271. The highest BCUT2D eigenvalue weighted by atomic mass is 16.5. The third-order valence-electron chi connectivity index (χ3n) is 3.99. The highest BCUT2D eigenvalue weighted by Gasteiger charge is 2.36. The molecule has 8 heteroatoms. The molecule has 1 fully saturated rings. The van der Waals surface area contributed by atoms with Crippen molar-refractivity contribution < 1.29 is 19.1 Å². The van der Waals surface area contributed by atoms with E-state index in [9.17, 15) is 9.59 Å². The topological polar surface area (TPSA) is 93.7 Å². The van der Waals surface area contributed by atoms with Gasteiger partial charge in [-0.2, -0.15) is 0 Å². The number of anilines is 1. The first-order valence-electron chi connectivity index (χ1n) is 7.70. The predicted molar refractivity (Wildman–Crippen MR) is 89.6 cm³/mol. The van der Waals surface area contributed by atoms with Crippen molar-refractivity contribution in [3.8, 4) is 11.5 Å². The van der Waals surface area contributed by atoms with Crippen LogP contribution in [0.25, 0.3) is 0 Å². The molecule has 0 atom stereocenters. The number of nitrogens with one attached hydrogen (secondary N) is 1. The lowest BCUT2D eigenvalue weighted by molar-refractivity contribution is -0.123. The monoisotopic (exact) mass is 342 g/mol. The number of likely N-dealkylation sites (tertiary alicyclic amines) is 1. The summed E-state index contributed by atoms with van der Waals surface area (Å²) in [5.41, 5.74) is 0.838. The van der Waals surface area contributed by atoms with Crippen molar-refractivity contribution >= 4 is 17.5 Å². The number of rotatable bonds is 5. The lowest BCUT2D eigenvalue weighted by Crippen LogP contribution is -2.54. The van der Waals surface area contributed by atoms with E-state index in [0.29, 0.717) is 30.3 Å². The van der Waals surface area contributed by atoms with Crippen molar-refractivity contribution in [1.82, 2.24) is 14.9 Å². The summed E-state index contributed by atoms with van der Waals surface area (Å²) in [7, 11) is 3.08. The maximum Gasteiger partial charge on any atom is 0.274 e. The van der Waals surface area contributed by atoms with Gasteiger partial charge in [-0.15, -0.1) is 0 Å². The van der Waals surface area contributed by atoms with Gasteiger partial charge in [0, 0.05) is 31.5 Å². The molecule has 0 radical (unpaired) electrons. The summed E-state index contributed by atoms with van der Waals surface area (Å²) in [4.78, 5) is 34.0. The molecule has 2 heterocycles. The number of carbonyl (C=O) groups excluding carboxylic acids is 2. The molecule has 3 rings (SSSR count). The Hall–Kier alpha value is -3.16. The minimum absolute atomic E-state index is 0.160. The number of nitrogens with zero attached hydrogens (tertiary/aromatic N) is 3. The van der Waals surface area contributed by atoms with Crippen molar-refractivity contribution in [2.75, 3.05) is 32.6 Å². The van der Waals surface area contributed by atoms with E-state index in [2.05, 4.69) is 15.3 Å². The van der Waals surface area contributed by atoms with Crippen LogP contribution in [0.5, 0.6) is 11.5 Å². The van der Waals surface area contributed by atoms with E-state index in [-0.39, 0.29) is 23.4 Å². The van der Waals surface area contributed by atoms with Crippen LogP contribution in [0.3, 0.4) is 0 Å². The molecule has 0 saturated carbocycles. The summed E-state index contributed by atoms with van der Waals surface area (Å²) in [5, 5.41) is 2.83. The van der Waals surface area contributed by atoms with Gasteiger partial charge in [0.2, 0.25) is 5.91 Å². The maximum atomic E-state index is 12.4. The number of methoxy groups -OCH3 is 2. The first kappa shape index (κ1) is 16.7. The second-order valence-electron chi connectivity index (χ2n) is 5.55. The van der Waals surface area contributed by atoms with Gasteiger partial charge in [-0.3, -0.25) is 14.6 Å². The molecule has 1 N–H and O–H groups in total. The Kier molecular flexibility index (Phi) is 4.78. The minimum Gasteiger partial charge on any atom is -0.497 e. The van der Waals surface area contributed by atoms with Gasteiger partial charge in [0.25, 0.3) is 5.91 Å². The zero-order valence-electron chi connectivity index (χ0n) is 13.9. The Balaban J connectivity index is 1.58. The smallest absolute Gasteiger partial charge is 0.274 e. The van der Waals surface area contributed by atoms with E-state index >= 15 is 0 Å². The fourth-order valence-corrected chi connectivity index (χ4v) is 2.52. The van der Waals surface area contributed by atoms with Crippen LogP contribution in [0, 0.1) is 5.92 Å². The van der Waals surface area contributed by atoms with Crippen molar-refractivity contribution in [2.45, 2.75) is 0 Å². The van der Waals surface area contributed by atoms with Crippen LogP contribution in [-0.2, 0) is 4.79 Å². The molecule has 0 unspecified atom stereocenters. The quantitative estimate of drug-likeness (QED) is 0.878. The zero-order chi connectivity index (χ0) is 17.8. The highest BCUT2D eigenvalue weighted by Crippen LogP contribution is 2.30. The van der Waals surface area contributed by atoms with Crippen LogP contribution < -0.4 is 14.8 Å². The summed E-state index contributed by atoms with van der Waals surface area (Å²) >= 11 is 0. The van der Waals surface area contributed by atoms with Crippen LogP contribution in [-0.4, -0.2) is 54.0 Å². The van der Waals surface area contributed by atoms with E-state index in [1.165, 1.54) is 25.7 Å². The Morgan fingerprint density at radius 2 is 2.00 bits per heavy atom. The Morgan fingerprint density at radius 3 is 2.64 bits per heavy atom. The Bertz CT molecular complexity index is 775. The van der Waals surface area contributed by atoms with Gasteiger partial charge < -0.3 is 19.7 Å². The molecule has 25 heavy (non-hydrogen) atoms. The third kappa shape index (κ3) is 3.52. The average molecular weight is 342 g/mol. The van der Waals surface area contributed by atoms with E-state index in [1.807, 2.05) is 0 Å². The highest BCUT2D eigenvalue weighted by molar-refractivity contribution is 5.98. The molecule has 1 saturated heterocycles. The molecule has 1 aliphatic rings. The molecule has 1 aromatic heterocycles. The third-order valence-corrected chi connectivity index (χ3v) is 3.99. The van der Waals surface area contributed by atoms with Crippen LogP contribution in [0.2, 0.25) is 0 Å². The number of ether oxygens (including phenoxy) is 2. The summed E-state index contributed by atoms with van der Waals surface area (Å²) in [5.74, 6) is 0.497. The molecule has 0 bridgehead atoms. The molecule has 0 aliphatic carbocycles. The second-order valence-corrected chi connectivity index (χ2v) is 5.55. The van der Waals surface area contributed by atoms with Gasteiger partial charge >= 0.3 is 0 Å². The van der Waals surface area contributed by atoms with Crippen molar-refractivity contribution in [3.05, 3.63) is 42.5 Å². The molecule has 2 aromatic rings. The summed E-state index contributed by atoms with van der Waals surface area (Å²) in [6.45, 7) is 0.694. The second kappa shape index (κ2) is 7.16. The normalized spacial score (nSPS) is 13.8. The van der Waals surface area contributed by atoms with Gasteiger partial charge in [0.15, 0.2) is 0 Å². The SMILES string of the molecule is COc1ccc(NC(=O)C2CN(C(=O)c3cnccn3)C2)c(OC)c1. The molecule has 8 nitrogen and oxygen atoms in total. The largest absolute Gasteiger partial charge is 0.497 e. The van der Waals surface area contributed by atoms with Crippen LogP contribution in [0.4, 0.5) is 5.69 Å². The van der Waals surface area contributed by atoms with E-state index in [4.69, 9.17) is 9.47 Å². The fourth-order valence-electron chi connectivity index (χ4n) is 2.52. The number of hydrogen-bond donors (Lipinski definition) is 1. The number of amides is 2. The van der Waals surface area contributed by atoms with Gasteiger partial charge in [0.1, 0.15) is 17.2 Å². The summed E-state index contributed by atoms with van der Waals surface area (Å²) in [6.07, 6.45) is 4.39. The van der Waals surface area contributed by atoms with E-state index in [1.54, 1.807) is 30.2 Å². The predicted octanol–water partition coefficient (Wildman–Crippen LogP) is 1.20. The Morgan fingerprint density at radius 1 is 1.20 bits per heavy atom. The molecule has 130 valence electrons. The van der Waals surface area contributed by atoms with Crippen LogP contribution in [0.1, 0.15) is 10.5 Å². The molecule has 2 amide bonds.